The number of hydrogen-bond acceptors (Lipinski definition) is 5. The number of hydrogen-bond donors (Lipinski definition) is 1. The van der Waals surface area contributed by atoms with E-state index in [9.17, 15) is 19.7 Å². The van der Waals surface area contributed by atoms with Crippen molar-refractivity contribution in [2.24, 2.45) is 7.05 Å². The molecule has 1 amide bonds. The van der Waals surface area contributed by atoms with Gasteiger partial charge in [-0.1, -0.05) is 36.4 Å². The molecule has 1 heterocycles. The van der Waals surface area contributed by atoms with Gasteiger partial charge >= 0.3 is 5.97 Å². The standard InChI is InChI=1S/C18H15N3O5/c1-20-10-13(21(24)25)9-16(20)18(23)26-11-17(22)19-15-8-4-6-12-5-2-3-7-14(12)15/h2-10H,11H2,1H3,(H,19,22). The molecule has 0 radical (unpaired) electrons. The fraction of sp³-hybridized carbons (Fsp3) is 0.111. The first kappa shape index (κ1) is 17.2. The summed E-state index contributed by atoms with van der Waals surface area (Å²) in [4.78, 5) is 34.2. The highest BCUT2D eigenvalue weighted by atomic mass is 16.6. The summed E-state index contributed by atoms with van der Waals surface area (Å²) in [6.07, 6.45) is 1.20. The maximum absolute atomic E-state index is 12.1. The summed E-state index contributed by atoms with van der Waals surface area (Å²) in [6.45, 7) is -0.499. The smallest absolute Gasteiger partial charge is 0.355 e. The predicted molar refractivity (Wildman–Crippen MR) is 94.9 cm³/mol. The van der Waals surface area contributed by atoms with Gasteiger partial charge in [-0.15, -0.1) is 0 Å². The van der Waals surface area contributed by atoms with Crippen LogP contribution in [-0.4, -0.2) is 28.0 Å². The second-order valence-corrected chi connectivity index (χ2v) is 5.60. The molecule has 1 N–H and O–H groups in total. The summed E-state index contributed by atoms with van der Waals surface area (Å²) in [5, 5.41) is 15.3. The number of amides is 1. The van der Waals surface area contributed by atoms with Crippen molar-refractivity contribution in [2.45, 2.75) is 0 Å². The number of rotatable bonds is 5. The minimum absolute atomic E-state index is 0.00494. The van der Waals surface area contributed by atoms with E-state index in [0.29, 0.717) is 5.69 Å². The first-order chi connectivity index (χ1) is 12.5. The highest BCUT2D eigenvalue weighted by molar-refractivity contribution is 6.03. The number of nitrogens with zero attached hydrogens (tertiary/aromatic N) is 2. The molecule has 0 saturated heterocycles. The Hall–Kier alpha value is -3.68. The summed E-state index contributed by atoms with van der Waals surface area (Å²) in [5.74, 6) is -1.31. The van der Waals surface area contributed by atoms with Crippen molar-refractivity contribution in [3.63, 3.8) is 0 Å². The fourth-order valence-corrected chi connectivity index (χ4v) is 2.58. The molecule has 0 fully saturated rings. The van der Waals surface area contributed by atoms with Gasteiger partial charge in [0.15, 0.2) is 6.61 Å². The lowest BCUT2D eigenvalue weighted by Crippen LogP contribution is -2.21. The van der Waals surface area contributed by atoms with Gasteiger partial charge in [-0.3, -0.25) is 14.9 Å². The Labute approximate surface area is 148 Å². The van der Waals surface area contributed by atoms with E-state index in [2.05, 4.69) is 5.32 Å². The van der Waals surface area contributed by atoms with Crippen LogP contribution in [0, 0.1) is 10.1 Å². The lowest BCUT2D eigenvalue weighted by molar-refractivity contribution is -0.384. The highest BCUT2D eigenvalue weighted by Gasteiger charge is 2.19. The van der Waals surface area contributed by atoms with Crippen LogP contribution < -0.4 is 5.32 Å². The van der Waals surface area contributed by atoms with Gasteiger partial charge < -0.3 is 14.6 Å². The molecule has 1 aromatic heterocycles. The van der Waals surface area contributed by atoms with E-state index in [4.69, 9.17) is 4.74 Å². The zero-order chi connectivity index (χ0) is 18.7. The zero-order valence-electron chi connectivity index (χ0n) is 13.8. The van der Waals surface area contributed by atoms with Crippen molar-refractivity contribution >= 4 is 34.0 Å². The first-order valence-corrected chi connectivity index (χ1v) is 7.71. The second kappa shape index (κ2) is 7.06. The van der Waals surface area contributed by atoms with Gasteiger partial charge in [0.2, 0.25) is 0 Å². The van der Waals surface area contributed by atoms with Gasteiger partial charge in [0.05, 0.1) is 11.1 Å². The van der Waals surface area contributed by atoms with Gasteiger partial charge in [0, 0.05) is 24.2 Å². The quantitative estimate of drug-likeness (QED) is 0.431. The number of esters is 1. The van der Waals surface area contributed by atoms with Gasteiger partial charge in [0.1, 0.15) is 5.69 Å². The van der Waals surface area contributed by atoms with E-state index in [0.717, 1.165) is 16.8 Å². The number of fused-ring (bicyclic) bond motifs is 1. The summed E-state index contributed by atoms with van der Waals surface area (Å²) >= 11 is 0. The third-order valence-electron chi connectivity index (χ3n) is 3.81. The van der Waals surface area contributed by atoms with E-state index in [1.807, 2.05) is 36.4 Å². The van der Waals surface area contributed by atoms with E-state index < -0.39 is 23.4 Å². The molecule has 0 bridgehead atoms. The lowest BCUT2D eigenvalue weighted by Gasteiger charge is -2.09. The molecule has 0 saturated carbocycles. The number of aromatic nitrogens is 1. The van der Waals surface area contributed by atoms with Crippen molar-refractivity contribution in [3.8, 4) is 0 Å². The Morgan fingerprint density at radius 2 is 1.92 bits per heavy atom. The normalized spacial score (nSPS) is 10.5. The zero-order valence-corrected chi connectivity index (χ0v) is 13.8. The van der Waals surface area contributed by atoms with E-state index in [-0.39, 0.29) is 11.4 Å². The maximum Gasteiger partial charge on any atom is 0.355 e. The number of aryl methyl sites for hydroxylation is 1. The Morgan fingerprint density at radius 1 is 1.19 bits per heavy atom. The average molecular weight is 353 g/mol. The third kappa shape index (κ3) is 3.54. The van der Waals surface area contributed by atoms with E-state index in [1.165, 1.54) is 17.8 Å². The highest BCUT2D eigenvalue weighted by Crippen LogP contribution is 2.23. The Balaban J connectivity index is 1.65. The molecular weight excluding hydrogens is 338 g/mol. The SMILES string of the molecule is Cn1cc([N+](=O)[O-])cc1C(=O)OCC(=O)Nc1cccc2ccccc12. The third-order valence-corrected chi connectivity index (χ3v) is 3.81. The van der Waals surface area contributed by atoms with Crippen LogP contribution in [-0.2, 0) is 16.6 Å². The number of nitro groups is 1. The van der Waals surface area contributed by atoms with Gasteiger partial charge in [-0.25, -0.2) is 4.79 Å². The van der Waals surface area contributed by atoms with Gasteiger partial charge in [0.25, 0.3) is 11.6 Å². The minimum atomic E-state index is -0.811. The van der Waals surface area contributed by atoms with Crippen molar-refractivity contribution in [2.75, 3.05) is 11.9 Å². The summed E-state index contributed by atoms with van der Waals surface area (Å²) < 4.78 is 6.23. The van der Waals surface area contributed by atoms with Crippen LogP contribution in [0.25, 0.3) is 10.8 Å². The summed E-state index contributed by atoms with van der Waals surface area (Å²) in [5.41, 5.74) is 0.382. The van der Waals surface area contributed by atoms with Crippen LogP contribution in [0.1, 0.15) is 10.5 Å². The van der Waals surface area contributed by atoms with E-state index in [1.54, 1.807) is 6.07 Å². The van der Waals surface area contributed by atoms with Gasteiger partial charge in [-0.05, 0) is 11.5 Å². The molecule has 26 heavy (non-hydrogen) atoms. The maximum atomic E-state index is 12.1. The molecule has 132 valence electrons. The molecule has 8 nitrogen and oxygen atoms in total. The molecule has 0 aliphatic rings. The Morgan fingerprint density at radius 3 is 2.65 bits per heavy atom. The number of carbonyl (C=O) groups excluding carboxylic acids is 2. The molecule has 0 atom stereocenters. The monoisotopic (exact) mass is 353 g/mol. The number of ether oxygens (including phenoxy) is 1. The topological polar surface area (TPSA) is 103 Å². The van der Waals surface area contributed by atoms with Crippen molar-refractivity contribution in [1.29, 1.82) is 0 Å². The van der Waals surface area contributed by atoms with Gasteiger partial charge in [-0.2, -0.15) is 0 Å². The predicted octanol–water partition coefficient (Wildman–Crippen LogP) is 2.88. The summed E-state index contributed by atoms with van der Waals surface area (Å²) in [6, 6.07) is 14.1. The average Bonchev–Trinajstić information content (AvgIpc) is 3.02. The van der Waals surface area contributed by atoms with Crippen LogP contribution in [0.5, 0.6) is 0 Å². The molecule has 2 aromatic carbocycles. The Bertz CT molecular complexity index is 1000. The van der Waals surface area contributed by atoms with Crippen LogP contribution >= 0.6 is 0 Å². The van der Waals surface area contributed by atoms with Crippen molar-refractivity contribution in [1.82, 2.24) is 4.57 Å². The largest absolute Gasteiger partial charge is 0.451 e. The van der Waals surface area contributed by atoms with E-state index >= 15 is 0 Å². The van der Waals surface area contributed by atoms with Crippen LogP contribution in [0.15, 0.2) is 54.7 Å². The minimum Gasteiger partial charge on any atom is -0.451 e. The molecule has 0 spiro atoms. The summed E-state index contributed by atoms with van der Waals surface area (Å²) in [7, 11) is 1.49. The molecule has 0 aliphatic carbocycles. The van der Waals surface area contributed by atoms with Crippen molar-refractivity contribution < 1.29 is 19.2 Å². The molecule has 3 aromatic rings. The molecule has 0 unspecified atom stereocenters. The molecule has 0 aliphatic heterocycles. The number of benzene rings is 2. The second-order valence-electron chi connectivity index (χ2n) is 5.60. The lowest BCUT2D eigenvalue weighted by atomic mass is 10.1. The number of nitrogens with one attached hydrogen (secondary N) is 1. The first-order valence-electron chi connectivity index (χ1n) is 7.71. The number of carbonyl (C=O) groups is 2. The van der Waals surface area contributed by atoms with Crippen LogP contribution in [0.3, 0.4) is 0 Å². The van der Waals surface area contributed by atoms with Crippen LogP contribution in [0.4, 0.5) is 11.4 Å². The Kier molecular flexibility index (Phi) is 4.66. The molecule has 8 heteroatoms. The fourth-order valence-electron chi connectivity index (χ4n) is 2.58. The molecule has 3 rings (SSSR count). The van der Waals surface area contributed by atoms with Crippen LogP contribution in [0.2, 0.25) is 0 Å². The number of anilines is 1. The van der Waals surface area contributed by atoms with Crippen molar-refractivity contribution in [3.05, 3.63) is 70.5 Å². The molecular formula is C18H15N3O5.